The molecular weight excluding hydrogens is 626 g/mol. The second-order valence-electron chi connectivity index (χ2n) is 12.1. The van der Waals surface area contributed by atoms with Crippen LogP contribution in [0, 0.1) is 0 Å². The third-order valence-corrected chi connectivity index (χ3v) is 8.54. The Hall–Kier alpha value is -5.92. The molecule has 14 nitrogen and oxygen atoms in total. The molecule has 0 saturated carbocycles. The molecule has 0 spiro atoms. The monoisotopic (exact) mass is 667 g/mol. The zero-order valence-corrected chi connectivity index (χ0v) is 26.9. The molecule has 1 saturated heterocycles. The van der Waals surface area contributed by atoms with E-state index >= 15 is 0 Å². The Bertz CT molecular complexity index is 1880. The second-order valence-corrected chi connectivity index (χ2v) is 12.1. The Kier molecular flexibility index (Phi) is 11.1. The van der Waals surface area contributed by atoms with Gasteiger partial charge in [0.05, 0.1) is 0 Å². The molecule has 5 rings (SSSR count). The molecule has 4 atom stereocenters. The minimum absolute atomic E-state index is 0.0623. The number of nitrogens with zero attached hydrogens (tertiary/aromatic N) is 1. The molecule has 256 valence electrons. The minimum Gasteiger partial charge on any atom is -0.370 e. The van der Waals surface area contributed by atoms with Gasteiger partial charge in [0.1, 0.15) is 24.2 Å². The predicted octanol–water partition coefficient (Wildman–Crippen LogP) is 0.378. The van der Waals surface area contributed by atoms with E-state index in [2.05, 4.69) is 31.2 Å². The number of aromatic amines is 1. The largest absolute Gasteiger partial charge is 0.370 e. The van der Waals surface area contributed by atoms with E-state index in [1.807, 2.05) is 66.7 Å². The first kappa shape index (κ1) is 34.4. The summed E-state index contributed by atoms with van der Waals surface area (Å²) in [5, 5.41) is 13.8. The van der Waals surface area contributed by atoms with Gasteiger partial charge >= 0.3 is 0 Å². The Labute approximate surface area is 282 Å². The smallest absolute Gasteiger partial charge is 0.243 e. The molecule has 14 heteroatoms. The first-order chi connectivity index (χ1) is 23.6. The highest BCUT2D eigenvalue weighted by atomic mass is 16.2. The number of nitrogens with one attached hydrogen (secondary N) is 5. The number of carbonyl (C=O) groups excluding carboxylic acids is 5. The Morgan fingerprint density at radius 3 is 2.20 bits per heavy atom. The summed E-state index contributed by atoms with van der Waals surface area (Å²) in [6.07, 6.45) is 2.07. The van der Waals surface area contributed by atoms with Crippen molar-refractivity contribution in [2.45, 2.75) is 62.7 Å². The third kappa shape index (κ3) is 9.12. The van der Waals surface area contributed by atoms with E-state index in [1.54, 1.807) is 6.20 Å². The van der Waals surface area contributed by atoms with Gasteiger partial charge in [-0.2, -0.15) is 0 Å². The molecule has 0 bridgehead atoms. The lowest BCUT2D eigenvalue weighted by atomic mass is 9.99. The van der Waals surface area contributed by atoms with E-state index in [0.29, 0.717) is 6.42 Å². The fraction of sp³-hybridized carbons (Fsp3) is 0.314. The Balaban J connectivity index is 1.46. The van der Waals surface area contributed by atoms with Crippen LogP contribution in [0.2, 0.25) is 0 Å². The summed E-state index contributed by atoms with van der Waals surface area (Å²) >= 11 is 0. The number of amides is 5. The van der Waals surface area contributed by atoms with Crippen LogP contribution >= 0.6 is 0 Å². The average Bonchev–Trinajstić information content (AvgIpc) is 3.49. The van der Waals surface area contributed by atoms with Crippen LogP contribution in [0.3, 0.4) is 0 Å². The fourth-order valence-corrected chi connectivity index (χ4v) is 5.96. The van der Waals surface area contributed by atoms with Crippen LogP contribution in [0.5, 0.6) is 0 Å². The summed E-state index contributed by atoms with van der Waals surface area (Å²) in [4.78, 5) is 74.2. The molecule has 2 heterocycles. The molecule has 0 unspecified atom stereocenters. The van der Waals surface area contributed by atoms with Crippen LogP contribution in [0.25, 0.3) is 21.7 Å². The lowest BCUT2D eigenvalue weighted by Crippen LogP contribution is -2.59. The lowest BCUT2D eigenvalue weighted by Gasteiger charge is -2.27. The van der Waals surface area contributed by atoms with Gasteiger partial charge in [0.25, 0.3) is 0 Å². The molecule has 5 amide bonds. The van der Waals surface area contributed by atoms with Crippen molar-refractivity contribution >= 4 is 57.2 Å². The van der Waals surface area contributed by atoms with Crippen molar-refractivity contribution in [1.29, 1.82) is 0 Å². The highest BCUT2D eigenvalue weighted by Crippen LogP contribution is 2.20. The van der Waals surface area contributed by atoms with E-state index in [4.69, 9.17) is 17.2 Å². The number of aromatic nitrogens is 1. The molecule has 11 N–H and O–H groups in total. The summed E-state index contributed by atoms with van der Waals surface area (Å²) in [7, 11) is 0. The third-order valence-electron chi connectivity index (χ3n) is 8.54. The van der Waals surface area contributed by atoms with Gasteiger partial charge in [0.15, 0.2) is 5.96 Å². The highest BCUT2D eigenvalue weighted by Gasteiger charge is 2.32. The molecule has 1 aliphatic heterocycles. The number of primary amides is 1. The van der Waals surface area contributed by atoms with Crippen LogP contribution < -0.4 is 38.5 Å². The number of guanidine groups is 1. The number of nitrogens with two attached hydrogens (primary N) is 3. The molecule has 49 heavy (non-hydrogen) atoms. The number of benzene rings is 3. The van der Waals surface area contributed by atoms with Crippen molar-refractivity contribution in [2.24, 2.45) is 22.2 Å². The number of aliphatic imine (C=N–C) groups is 1. The van der Waals surface area contributed by atoms with Crippen molar-refractivity contribution in [3.05, 3.63) is 84.1 Å². The van der Waals surface area contributed by atoms with E-state index in [-0.39, 0.29) is 44.6 Å². The maximum absolute atomic E-state index is 13.9. The normalized spacial score (nSPS) is 20.8. The lowest BCUT2D eigenvalue weighted by molar-refractivity contribution is -0.135. The molecule has 3 aromatic carbocycles. The fourth-order valence-electron chi connectivity index (χ4n) is 5.96. The molecule has 0 aliphatic carbocycles. The van der Waals surface area contributed by atoms with Crippen LogP contribution in [-0.2, 0) is 36.8 Å². The van der Waals surface area contributed by atoms with E-state index in [0.717, 1.165) is 32.8 Å². The quantitative estimate of drug-likeness (QED) is 0.0708. The average molecular weight is 668 g/mol. The van der Waals surface area contributed by atoms with Gasteiger partial charge in [-0.3, -0.25) is 29.0 Å². The molecule has 1 fully saturated rings. The number of fused-ring (bicyclic) bond motifs is 2. The standard InChI is InChI=1S/C35H41N9O5/c36-31(46)26-13-14-30(45)41-28(17-20-11-12-21-6-1-2-7-22(21)16-20)33(48)43-27(10-5-15-39-35(37)38)32(47)44-29(34(49)42-26)18-23-19-40-25-9-4-3-8-24(23)25/h1-4,6-9,11-12,16,19,26-29,40H,5,10,13-15,17-18H2,(H2,36,46)(H,41,45)(H,42,49)(H,43,48)(H,44,47)(H4,37,38,39)/t26-,27-,28+,29-/m0/s1. The van der Waals surface area contributed by atoms with Gasteiger partial charge in [0, 0.05) is 42.9 Å². The van der Waals surface area contributed by atoms with Crippen molar-refractivity contribution in [1.82, 2.24) is 26.3 Å². The Morgan fingerprint density at radius 2 is 1.43 bits per heavy atom. The number of rotatable bonds is 9. The maximum atomic E-state index is 13.9. The maximum Gasteiger partial charge on any atom is 0.243 e. The van der Waals surface area contributed by atoms with Crippen LogP contribution in [0.1, 0.15) is 36.8 Å². The topological polar surface area (TPSA) is 240 Å². The zero-order valence-electron chi connectivity index (χ0n) is 26.9. The number of carbonyl (C=O) groups is 5. The summed E-state index contributed by atoms with van der Waals surface area (Å²) in [6, 6.07) is 16.5. The number of H-pyrrole nitrogens is 1. The van der Waals surface area contributed by atoms with E-state index in [1.165, 1.54) is 0 Å². The molecule has 0 radical (unpaired) electrons. The molecule has 4 aromatic rings. The van der Waals surface area contributed by atoms with Gasteiger partial charge in [-0.05, 0) is 47.2 Å². The summed E-state index contributed by atoms with van der Waals surface area (Å²) in [5.41, 5.74) is 19.0. The van der Waals surface area contributed by atoms with Crippen LogP contribution in [0.4, 0.5) is 0 Å². The van der Waals surface area contributed by atoms with Crippen molar-refractivity contribution < 1.29 is 24.0 Å². The number of para-hydroxylation sites is 1. The first-order valence-corrected chi connectivity index (χ1v) is 16.1. The van der Waals surface area contributed by atoms with Gasteiger partial charge in [-0.1, -0.05) is 60.7 Å². The van der Waals surface area contributed by atoms with E-state index < -0.39 is 53.7 Å². The summed E-state index contributed by atoms with van der Waals surface area (Å²) in [5.74, 6) is -3.38. The number of hydrogen-bond acceptors (Lipinski definition) is 6. The summed E-state index contributed by atoms with van der Waals surface area (Å²) < 4.78 is 0. The van der Waals surface area contributed by atoms with Crippen LogP contribution in [-0.4, -0.2) is 71.2 Å². The Morgan fingerprint density at radius 1 is 0.755 bits per heavy atom. The van der Waals surface area contributed by atoms with Crippen molar-refractivity contribution in [3.63, 3.8) is 0 Å². The second kappa shape index (κ2) is 15.8. The number of hydrogen-bond donors (Lipinski definition) is 8. The highest BCUT2D eigenvalue weighted by molar-refractivity contribution is 5.96. The predicted molar refractivity (Wildman–Crippen MR) is 186 cm³/mol. The van der Waals surface area contributed by atoms with Gasteiger partial charge in [-0.15, -0.1) is 0 Å². The minimum atomic E-state index is -1.20. The van der Waals surface area contributed by atoms with Crippen LogP contribution in [0.15, 0.2) is 77.9 Å². The van der Waals surface area contributed by atoms with Gasteiger partial charge in [0.2, 0.25) is 29.5 Å². The van der Waals surface area contributed by atoms with Gasteiger partial charge < -0.3 is 43.5 Å². The molecule has 1 aliphatic rings. The molecule has 1 aromatic heterocycles. The van der Waals surface area contributed by atoms with E-state index in [9.17, 15) is 24.0 Å². The zero-order chi connectivity index (χ0) is 34.9. The molecular formula is C35H41N9O5. The van der Waals surface area contributed by atoms with Crippen molar-refractivity contribution in [3.8, 4) is 0 Å². The van der Waals surface area contributed by atoms with Crippen molar-refractivity contribution in [2.75, 3.05) is 6.54 Å². The SMILES string of the molecule is NC(=O)[C@@H]1CCC(=O)N[C@H](Cc2ccc3ccccc3c2)C(=O)N[C@@H](CCCN=C(N)N)C(=O)N[C@@H](Cc2c[nH]c3ccccc23)C(=O)N1. The van der Waals surface area contributed by atoms with Gasteiger partial charge in [-0.25, -0.2) is 0 Å². The first-order valence-electron chi connectivity index (χ1n) is 16.1. The summed E-state index contributed by atoms with van der Waals surface area (Å²) in [6.45, 7) is 0.193.